The summed E-state index contributed by atoms with van der Waals surface area (Å²) in [6.45, 7) is -1.44. The molecule has 6 heteroatoms. The maximum absolute atomic E-state index is 13.6. The molecule has 0 aliphatic carbocycles. The molecule has 0 N–H and O–H groups in total. The van der Waals surface area contributed by atoms with Crippen molar-refractivity contribution in [3.63, 3.8) is 0 Å². The molecule has 0 aliphatic rings. The van der Waals surface area contributed by atoms with Gasteiger partial charge in [0.25, 0.3) is 0 Å². The molecule has 0 aromatic heterocycles. The maximum atomic E-state index is 13.6. The second kappa shape index (κ2) is 6.10. The van der Waals surface area contributed by atoms with Gasteiger partial charge in [-0.2, -0.15) is 13.2 Å². The summed E-state index contributed by atoms with van der Waals surface area (Å²) in [5, 5.41) is 1.09. The van der Waals surface area contributed by atoms with Crippen LogP contribution in [0.25, 0.3) is 10.8 Å². The van der Waals surface area contributed by atoms with Gasteiger partial charge in [-0.15, -0.1) is 0 Å². The van der Waals surface area contributed by atoms with Crippen LogP contribution < -0.4 is 0 Å². The Morgan fingerprint density at radius 2 is 1.70 bits per heavy atom. The van der Waals surface area contributed by atoms with Crippen LogP contribution in [0.5, 0.6) is 0 Å². The number of hydrogen-bond acceptors (Lipinski definition) is 1. The summed E-state index contributed by atoms with van der Waals surface area (Å²) in [5.74, 6) is -0.361. The lowest BCUT2D eigenvalue weighted by Gasteiger charge is -2.15. The Morgan fingerprint density at radius 3 is 2.35 bits per heavy atom. The van der Waals surface area contributed by atoms with Gasteiger partial charge in [0.05, 0.1) is 11.4 Å². The van der Waals surface area contributed by atoms with Crippen LogP contribution >= 0.6 is 15.9 Å². The van der Waals surface area contributed by atoms with Gasteiger partial charge in [0, 0.05) is 5.39 Å². The van der Waals surface area contributed by atoms with Gasteiger partial charge in [-0.3, -0.25) is 0 Å². The van der Waals surface area contributed by atoms with Gasteiger partial charge in [0.2, 0.25) is 0 Å². The van der Waals surface area contributed by atoms with E-state index in [0.717, 1.165) is 0 Å². The van der Waals surface area contributed by atoms with Crippen molar-refractivity contribution in [1.29, 1.82) is 0 Å². The molecule has 1 atom stereocenters. The second-order valence-electron chi connectivity index (χ2n) is 4.28. The molecule has 0 aliphatic heterocycles. The van der Waals surface area contributed by atoms with Crippen LogP contribution in [0.1, 0.15) is 10.4 Å². The molecule has 0 heterocycles. The van der Waals surface area contributed by atoms with E-state index in [-0.39, 0.29) is 12.4 Å². The first-order chi connectivity index (χ1) is 9.38. The average Bonchev–Trinajstić information content (AvgIpc) is 2.38. The van der Waals surface area contributed by atoms with Crippen LogP contribution in [0.3, 0.4) is 0 Å². The third kappa shape index (κ3) is 3.70. The lowest BCUT2D eigenvalue weighted by molar-refractivity contribution is -0.173. The standard InChI is InChI=1S/C14H11BrF4O/c15-12(7-20-8-14(17,18)19)10-5-6-13(16)11-4-2-1-3-9(10)11/h1-6,12H,7-8H2. The highest BCUT2D eigenvalue weighted by Gasteiger charge is 2.28. The SMILES string of the molecule is Fc1ccc(C(Br)COCC(F)(F)F)c2ccccc12. The maximum Gasteiger partial charge on any atom is 0.411 e. The van der Waals surface area contributed by atoms with E-state index in [9.17, 15) is 17.6 Å². The summed E-state index contributed by atoms with van der Waals surface area (Å²) in [7, 11) is 0. The van der Waals surface area contributed by atoms with Crippen molar-refractivity contribution in [3.8, 4) is 0 Å². The van der Waals surface area contributed by atoms with E-state index < -0.39 is 17.6 Å². The van der Waals surface area contributed by atoms with Gasteiger partial charge in [0.1, 0.15) is 12.4 Å². The fourth-order valence-corrected chi connectivity index (χ4v) is 2.51. The first-order valence-corrected chi connectivity index (χ1v) is 6.76. The topological polar surface area (TPSA) is 9.23 Å². The van der Waals surface area contributed by atoms with Crippen molar-refractivity contribution >= 4 is 26.7 Å². The van der Waals surface area contributed by atoms with Crippen molar-refractivity contribution in [2.45, 2.75) is 11.0 Å². The van der Waals surface area contributed by atoms with E-state index in [1.165, 1.54) is 6.07 Å². The molecule has 0 fully saturated rings. The molecule has 2 rings (SSSR count). The molecule has 2 aromatic carbocycles. The molecule has 20 heavy (non-hydrogen) atoms. The van der Waals surface area contributed by atoms with Crippen LogP contribution in [0, 0.1) is 5.82 Å². The van der Waals surface area contributed by atoms with E-state index in [1.54, 1.807) is 30.3 Å². The van der Waals surface area contributed by atoms with Crippen molar-refractivity contribution in [3.05, 3.63) is 47.8 Å². The lowest BCUT2D eigenvalue weighted by Crippen LogP contribution is -2.18. The fraction of sp³-hybridized carbons (Fsp3) is 0.286. The number of alkyl halides is 4. The Morgan fingerprint density at radius 1 is 1.05 bits per heavy atom. The molecular formula is C14H11BrF4O. The Balaban J connectivity index is 2.18. The number of halogens is 5. The number of hydrogen-bond donors (Lipinski definition) is 0. The van der Waals surface area contributed by atoms with E-state index in [1.807, 2.05) is 0 Å². The van der Waals surface area contributed by atoms with Crippen molar-refractivity contribution in [2.24, 2.45) is 0 Å². The zero-order chi connectivity index (χ0) is 14.8. The average molecular weight is 351 g/mol. The van der Waals surface area contributed by atoms with E-state index >= 15 is 0 Å². The summed E-state index contributed by atoms with van der Waals surface area (Å²) in [6.07, 6.45) is -4.35. The van der Waals surface area contributed by atoms with Crippen molar-refractivity contribution in [2.75, 3.05) is 13.2 Å². The summed E-state index contributed by atoms with van der Waals surface area (Å²) in [4.78, 5) is -0.435. The molecule has 108 valence electrons. The normalized spacial score (nSPS) is 13.7. The van der Waals surface area contributed by atoms with Gasteiger partial charge in [0.15, 0.2) is 0 Å². The highest BCUT2D eigenvalue weighted by atomic mass is 79.9. The van der Waals surface area contributed by atoms with Gasteiger partial charge >= 0.3 is 6.18 Å². The highest BCUT2D eigenvalue weighted by molar-refractivity contribution is 9.09. The van der Waals surface area contributed by atoms with Crippen LogP contribution in [-0.2, 0) is 4.74 Å². The minimum Gasteiger partial charge on any atom is -0.371 e. The molecule has 0 spiro atoms. The van der Waals surface area contributed by atoms with Gasteiger partial charge < -0.3 is 4.74 Å². The molecule has 1 unspecified atom stereocenters. The first-order valence-electron chi connectivity index (χ1n) is 5.84. The summed E-state index contributed by atoms with van der Waals surface area (Å²) < 4.78 is 54.3. The van der Waals surface area contributed by atoms with Crippen LogP contribution in [0.4, 0.5) is 17.6 Å². The molecule has 0 radical (unpaired) electrons. The zero-order valence-corrected chi connectivity index (χ0v) is 11.8. The predicted octanol–water partition coefficient (Wildman–Crippen LogP) is 4.99. The quantitative estimate of drug-likeness (QED) is 0.557. The third-order valence-corrected chi connectivity index (χ3v) is 3.53. The van der Waals surface area contributed by atoms with Crippen molar-refractivity contribution < 1.29 is 22.3 Å². The van der Waals surface area contributed by atoms with E-state index in [4.69, 9.17) is 0 Å². The summed E-state index contributed by atoms with van der Waals surface area (Å²) in [5.41, 5.74) is 0.698. The molecule has 0 saturated heterocycles. The molecular weight excluding hydrogens is 340 g/mol. The van der Waals surface area contributed by atoms with Crippen LogP contribution in [-0.4, -0.2) is 19.4 Å². The minimum absolute atomic E-state index is 0.144. The largest absolute Gasteiger partial charge is 0.411 e. The fourth-order valence-electron chi connectivity index (χ4n) is 1.93. The Hall–Kier alpha value is -1.14. The number of rotatable bonds is 4. The molecule has 1 nitrogen and oxygen atoms in total. The lowest BCUT2D eigenvalue weighted by atomic mass is 10.0. The molecule has 0 amide bonds. The number of ether oxygens (including phenoxy) is 1. The van der Waals surface area contributed by atoms with Crippen molar-refractivity contribution in [1.82, 2.24) is 0 Å². The Kier molecular flexibility index (Phi) is 4.65. The van der Waals surface area contributed by atoms with Gasteiger partial charge in [-0.1, -0.05) is 46.3 Å². The van der Waals surface area contributed by atoms with Gasteiger partial charge in [-0.05, 0) is 17.0 Å². The smallest absolute Gasteiger partial charge is 0.371 e. The molecule has 0 saturated carbocycles. The predicted molar refractivity (Wildman–Crippen MR) is 72.4 cm³/mol. The summed E-state index contributed by atoms with van der Waals surface area (Å²) >= 11 is 3.28. The number of benzene rings is 2. The van der Waals surface area contributed by atoms with Crippen LogP contribution in [0.15, 0.2) is 36.4 Å². The van der Waals surface area contributed by atoms with E-state index in [2.05, 4.69) is 20.7 Å². The minimum atomic E-state index is -4.35. The number of fused-ring (bicyclic) bond motifs is 1. The zero-order valence-electron chi connectivity index (χ0n) is 10.3. The second-order valence-corrected chi connectivity index (χ2v) is 5.39. The monoisotopic (exact) mass is 350 g/mol. The molecule has 2 aromatic rings. The highest BCUT2D eigenvalue weighted by Crippen LogP contribution is 2.31. The Labute approximate surface area is 121 Å². The van der Waals surface area contributed by atoms with Gasteiger partial charge in [-0.25, -0.2) is 4.39 Å². The Bertz CT molecular complexity index is 597. The first kappa shape index (κ1) is 15.3. The van der Waals surface area contributed by atoms with E-state index in [0.29, 0.717) is 16.3 Å². The third-order valence-electron chi connectivity index (χ3n) is 2.77. The summed E-state index contributed by atoms with van der Waals surface area (Å²) in [6, 6.07) is 9.67. The molecule has 0 bridgehead atoms. The van der Waals surface area contributed by atoms with Crippen LogP contribution in [0.2, 0.25) is 0 Å².